The maximum atomic E-state index is 5.99. The number of rotatable bonds is 3. The standard InChI is InChI=1S/C15H23N3/c1-12-14(16)3-2-4-15(12)18-9-7-17(8-10-18)11-13-5-6-13/h2-4,13H,5-11,16H2,1H3. The fourth-order valence-electron chi connectivity index (χ4n) is 2.82. The number of hydrogen-bond donors (Lipinski definition) is 1. The second-order valence-corrected chi connectivity index (χ2v) is 5.72. The molecule has 1 heterocycles. The van der Waals surface area contributed by atoms with Crippen LogP contribution in [0.25, 0.3) is 0 Å². The van der Waals surface area contributed by atoms with E-state index in [1.165, 1.54) is 43.7 Å². The van der Waals surface area contributed by atoms with Crippen LogP contribution in [-0.2, 0) is 0 Å². The van der Waals surface area contributed by atoms with E-state index in [9.17, 15) is 0 Å². The van der Waals surface area contributed by atoms with Gasteiger partial charge in [-0.1, -0.05) is 6.07 Å². The molecule has 0 radical (unpaired) electrons. The summed E-state index contributed by atoms with van der Waals surface area (Å²) < 4.78 is 0. The summed E-state index contributed by atoms with van der Waals surface area (Å²) in [5.41, 5.74) is 9.45. The number of nitrogen functional groups attached to an aromatic ring is 1. The predicted molar refractivity (Wildman–Crippen MR) is 77.0 cm³/mol. The van der Waals surface area contributed by atoms with Crippen LogP contribution < -0.4 is 10.6 Å². The Kier molecular flexibility index (Phi) is 3.16. The summed E-state index contributed by atoms with van der Waals surface area (Å²) in [4.78, 5) is 5.10. The van der Waals surface area contributed by atoms with Gasteiger partial charge in [-0.05, 0) is 43.4 Å². The smallest absolute Gasteiger partial charge is 0.0417 e. The Labute approximate surface area is 110 Å². The second-order valence-electron chi connectivity index (χ2n) is 5.72. The van der Waals surface area contributed by atoms with E-state index in [0.717, 1.165) is 24.7 Å². The number of nitrogens with zero attached hydrogens (tertiary/aromatic N) is 2. The van der Waals surface area contributed by atoms with Crippen LogP contribution in [0.3, 0.4) is 0 Å². The van der Waals surface area contributed by atoms with E-state index in [4.69, 9.17) is 5.73 Å². The van der Waals surface area contributed by atoms with Crippen LogP contribution in [0.15, 0.2) is 18.2 Å². The zero-order valence-electron chi connectivity index (χ0n) is 11.2. The maximum Gasteiger partial charge on any atom is 0.0417 e. The van der Waals surface area contributed by atoms with Crippen molar-refractivity contribution < 1.29 is 0 Å². The molecule has 18 heavy (non-hydrogen) atoms. The Bertz CT molecular complexity index is 418. The lowest BCUT2D eigenvalue weighted by atomic mass is 10.1. The SMILES string of the molecule is Cc1c(N)cccc1N1CCN(CC2CC2)CC1. The van der Waals surface area contributed by atoms with Crippen LogP contribution in [0.2, 0.25) is 0 Å². The highest BCUT2D eigenvalue weighted by atomic mass is 15.3. The molecular formula is C15H23N3. The lowest BCUT2D eigenvalue weighted by molar-refractivity contribution is 0.248. The molecule has 3 heteroatoms. The zero-order chi connectivity index (χ0) is 12.5. The van der Waals surface area contributed by atoms with Gasteiger partial charge in [0.15, 0.2) is 0 Å². The summed E-state index contributed by atoms with van der Waals surface area (Å²) in [5.74, 6) is 1.01. The van der Waals surface area contributed by atoms with E-state index in [-0.39, 0.29) is 0 Å². The molecule has 0 aromatic heterocycles. The van der Waals surface area contributed by atoms with Crippen molar-refractivity contribution in [2.24, 2.45) is 5.92 Å². The molecule has 2 fully saturated rings. The average Bonchev–Trinajstić information content (AvgIpc) is 3.18. The monoisotopic (exact) mass is 245 g/mol. The van der Waals surface area contributed by atoms with Gasteiger partial charge in [-0.25, -0.2) is 0 Å². The molecule has 0 unspecified atom stereocenters. The van der Waals surface area contributed by atoms with E-state index in [0.29, 0.717) is 0 Å². The summed E-state index contributed by atoms with van der Waals surface area (Å²) in [7, 11) is 0. The van der Waals surface area contributed by atoms with Crippen LogP contribution in [0.4, 0.5) is 11.4 Å². The molecule has 98 valence electrons. The predicted octanol–water partition coefficient (Wildman–Crippen LogP) is 2.11. The van der Waals surface area contributed by atoms with Gasteiger partial charge in [0.05, 0.1) is 0 Å². The molecule has 0 spiro atoms. The molecule has 1 aliphatic heterocycles. The maximum absolute atomic E-state index is 5.99. The molecule has 1 saturated heterocycles. The summed E-state index contributed by atoms with van der Waals surface area (Å²) in [6, 6.07) is 6.25. The third-order valence-electron chi connectivity index (χ3n) is 4.27. The van der Waals surface area contributed by atoms with Gasteiger partial charge in [-0.3, -0.25) is 4.90 Å². The van der Waals surface area contributed by atoms with Crippen molar-refractivity contribution in [2.75, 3.05) is 43.4 Å². The largest absolute Gasteiger partial charge is 0.398 e. The zero-order valence-corrected chi connectivity index (χ0v) is 11.2. The van der Waals surface area contributed by atoms with Crippen molar-refractivity contribution in [1.29, 1.82) is 0 Å². The molecule has 1 aliphatic carbocycles. The van der Waals surface area contributed by atoms with Crippen molar-refractivity contribution in [3.63, 3.8) is 0 Å². The number of benzene rings is 1. The van der Waals surface area contributed by atoms with Crippen LogP contribution in [0.1, 0.15) is 18.4 Å². The first-order valence-corrected chi connectivity index (χ1v) is 7.06. The van der Waals surface area contributed by atoms with Gasteiger partial charge in [0, 0.05) is 44.1 Å². The van der Waals surface area contributed by atoms with Gasteiger partial charge in [-0.15, -0.1) is 0 Å². The lowest BCUT2D eigenvalue weighted by Gasteiger charge is -2.37. The van der Waals surface area contributed by atoms with Gasteiger partial charge in [0.2, 0.25) is 0 Å². The fraction of sp³-hybridized carbons (Fsp3) is 0.600. The van der Waals surface area contributed by atoms with E-state index in [1.54, 1.807) is 0 Å². The van der Waals surface area contributed by atoms with Crippen LogP contribution in [0, 0.1) is 12.8 Å². The third kappa shape index (κ3) is 2.46. The molecule has 2 aliphatic rings. The first kappa shape index (κ1) is 11.8. The van der Waals surface area contributed by atoms with Gasteiger partial charge in [0.25, 0.3) is 0 Å². The average molecular weight is 245 g/mol. The third-order valence-corrected chi connectivity index (χ3v) is 4.27. The molecule has 3 rings (SSSR count). The molecule has 0 amide bonds. The summed E-state index contributed by atoms with van der Waals surface area (Å²) in [5, 5.41) is 0. The van der Waals surface area contributed by atoms with Gasteiger partial charge >= 0.3 is 0 Å². The molecule has 0 atom stereocenters. The van der Waals surface area contributed by atoms with Gasteiger partial charge < -0.3 is 10.6 Å². The topological polar surface area (TPSA) is 32.5 Å². The lowest BCUT2D eigenvalue weighted by Crippen LogP contribution is -2.47. The van der Waals surface area contributed by atoms with Gasteiger partial charge in [0.1, 0.15) is 0 Å². The summed E-state index contributed by atoms with van der Waals surface area (Å²) >= 11 is 0. The molecule has 0 bridgehead atoms. The van der Waals surface area contributed by atoms with Crippen molar-refractivity contribution in [3.8, 4) is 0 Å². The minimum absolute atomic E-state index is 0.910. The Morgan fingerprint density at radius 2 is 1.89 bits per heavy atom. The van der Waals surface area contributed by atoms with Gasteiger partial charge in [-0.2, -0.15) is 0 Å². The molecule has 1 saturated carbocycles. The molecule has 1 aromatic rings. The van der Waals surface area contributed by atoms with E-state index in [2.05, 4.69) is 28.9 Å². The van der Waals surface area contributed by atoms with Crippen LogP contribution in [0.5, 0.6) is 0 Å². The number of anilines is 2. The number of nitrogens with two attached hydrogens (primary N) is 1. The number of piperazine rings is 1. The minimum Gasteiger partial charge on any atom is -0.398 e. The van der Waals surface area contributed by atoms with E-state index in [1.807, 2.05) is 6.07 Å². The van der Waals surface area contributed by atoms with Crippen molar-refractivity contribution in [3.05, 3.63) is 23.8 Å². The fourth-order valence-corrected chi connectivity index (χ4v) is 2.82. The Morgan fingerprint density at radius 3 is 2.56 bits per heavy atom. The first-order chi connectivity index (χ1) is 8.74. The Balaban J connectivity index is 1.62. The minimum atomic E-state index is 0.910. The van der Waals surface area contributed by atoms with E-state index >= 15 is 0 Å². The highest BCUT2D eigenvalue weighted by molar-refractivity contribution is 5.64. The van der Waals surface area contributed by atoms with Crippen molar-refractivity contribution in [1.82, 2.24) is 4.90 Å². The number of hydrogen-bond acceptors (Lipinski definition) is 3. The van der Waals surface area contributed by atoms with E-state index < -0.39 is 0 Å². The summed E-state index contributed by atoms with van der Waals surface area (Å²) in [6.07, 6.45) is 2.91. The highest BCUT2D eigenvalue weighted by Crippen LogP contribution is 2.31. The van der Waals surface area contributed by atoms with Crippen LogP contribution >= 0.6 is 0 Å². The van der Waals surface area contributed by atoms with Crippen LogP contribution in [-0.4, -0.2) is 37.6 Å². The Morgan fingerprint density at radius 1 is 1.17 bits per heavy atom. The first-order valence-electron chi connectivity index (χ1n) is 7.06. The van der Waals surface area contributed by atoms with Crippen molar-refractivity contribution in [2.45, 2.75) is 19.8 Å². The summed E-state index contributed by atoms with van der Waals surface area (Å²) in [6.45, 7) is 8.12. The molecule has 2 N–H and O–H groups in total. The molecular weight excluding hydrogens is 222 g/mol. The quantitative estimate of drug-likeness (QED) is 0.828. The molecule has 1 aromatic carbocycles. The van der Waals surface area contributed by atoms with Crippen molar-refractivity contribution >= 4 is 11.4 Å². The second kappa shape index (κ2) is 4.81. The molecule has 3 nitrogen and oxygen atoms in total. The highest BCUT2D eigenvalue weighted by Gasteiger charge is 2.26. The Hall–Kier alpha value is -1.22. The normalized spacial score (nSPS) is 21.3.